The number of rotatable bonds is 8. The number of benzene rings is 2. The second-order valence-corrected chi connectivity index (χ2v) is 6.26. The Bertz CT molecular complexity index is 837. The van der Waals surface area contributed by atoms with Crippen molar-refractivity contribution in [2.75, 3.05) is 19.5 Å². The number of nitrogens with one attached hydrogen (secondary N) is 1. The maximum absolute atomic E-state index is 13.3. The van der Waals surface area contributed by atoms with Crippen molar-refractivity contribution in [3.05, 3.63) is 53.3 Å². The first-order chi connectivity index (χ1) is 12.8. The predicted molar refractivity (Wildman–Crippen MR) is 99.0 cm³/mol. The third-order valence-corrected chi connectivity index (χ3v) is 4.01. The van der Waals surface area contributed by atoms with E-state index in [0.29, 0.717) is 6.42 Å². The van der Waals surface area contributed by atoms with Crippen molar-refractivity contribution in [3.63, 3.8) is 0 Å². The molecule has 0 bridgehead atoms. The van der Waals surface area contributed by atoms with Gasteiger partial charge in [-0.1, -0.05) is 19.1 Å². The van der Waals surface area contributed by atoms with Crippen LogP contribution in [0, 0.1) is 11.7 Å². The van der Waals surface area contributed by atoms with Gasteiger partial charge in [-0.3, -0.25) is 4.79 Å². The quantitative estimate of drug-likeness (QED) is 0.734. The maximum Gasteiger partial charge on any atom is 0.335 e. The number of ether oxygens (including phenoxy) is 2. The molecule has 144 valence electrons. The van der Waals surface area contributed by atoms with Gasteiger partial charge in [0.25, 0.3) is 0 Å². The second-order valence-electron chi connectivity index (χ2n) is 6.26. The Morgan fingerprint density at radius 3 is 2.52 bits per heavy atom. The number of methoxy groups -OCH3 is 2. The van der Waals surface area contributed by atoms with Gasteiger partial charge in [0.15, 0.2) is 11.5 Å². The molecule has 2 rings (SSSR count). The summed E-state index contributed by atoms with van der Waals surface area (Å²) in [6.45, 7) is 1.88. The van der Waals surface area contributed by atoms with E-state index in [1.807, 2.05) is 13.0 Å². The van der Waals surface area contributed by atoms with E-state index in [-0.39, 0.29) is 46.8 Å². The molecule has 0 aliphatic carbocycles. The number of anilines is 1. The minimum Gasteiger partial charge on any atom is -0.493 e. The number of aromatic carboxylic acids is 1. The molecule has 6 nitrogen and oxygen atoms in total. The average molecular weight is 375 g/mol. The second kappa shape index (κ2) is 9.02. The van der Waals surface area contributed by atoms with E-state index in [4.69, 9.17) is 9.47 Å². The first-order valence-corrected chi connectivity index (χ1v) is 8.37. The molecular formula is C20H22FNO5. The lowest BCUT2D eigenvalue weighted by molar-refractivity contribution is -0.117. The lowest BCUT2D eigenvalue weighted by Gasteiger charge is -2.16. The minimum atomic E-state index is -1.15. The van der Waals surface area contributed by atoms with E-state index in [1.165, 1.54) is 38.5 Å². The molecule has 0 aromatic heterocycles. The highest BCUT2D eigenvalue weighted by Gasteiger charge is 2.18. The van der Waals surface area contributed by atoms with Crippen molar-refractivity contribution in [3.8, 4) is 11.5 Å². The topological polar surface area (TPSA) is 84.9 Å². The summed E-state index contributed by atoms with van der Waals surface area (Å²) in [5.41, 5.74) is 0.996. The number of carboxylic acid groups (broad SMARTS) is 1. The largest absolute Gasteiger partial charge is 0.493 e. The van der Waals surface area contributed by atoms with Gasteiger partial charge in [-0.2, -0.15) is 0 Å². The van der Waals surface area contributed by atoms with E-state index in [2.05, 4.69) is 5.32 Å². The zero-order chi connectivity index (χ0) is 20.0. The lowest BCUT2D eigenvalue weighted by atomic mass is 9.97. The fourth-order valence-corrected chi connectivity index (χ4v) is 2.84. The Kier molecular flexibility index (Phi) is 6.76. The van der Waals surface area contributed by atoms with Gasteiger partial charge in [0.1, 0.15) is 5.82 Å². The molecule has 2 N–H and O–H groups in total. The summed E-state index contributed by atoms with van der Waals surface area (Å²) in [5, 5.41) is 11.9. The summed E-state index contributed by atoms with van der Waals surface area (Å²) in [4.78, 5) is 23.7. The maximum atomic E-state index is 13.3. The van der Waals surface area contributed by atoms with Crippen molar-refractivity contribution < 1.29 is 28.6 Å². The van der Waals surface area contributed by atoms with Gasteiger partial charge in [-0.05, 0) is 42.2 Å². The molecule has 0 saturated heterocycles. The van der Waals surface area contributed by atoms with Crippen LogP contribution in [0.25, 0.3) is 0 Å². The number of amides is 1. The zero-order valence-corrected chi connectivity index (χ0v) is 15.4. The molecule has 7 heteroatoms. The third kappa shape index (κ3) is 5.44. The number of halogens is 1. The molecule has 27 heavy (non-hydrogen) atoms. The Labute approximate surface area is 156 Å². The number of carboxylic acids is 1. The highest BCUT2D eigenvalue weighted by molar-refractivity contribution is 5.96. The summed E-state index contributed by atoms with van der Waals surface area (Å²) in [7, 11) is 2.79. The first-order valence-electron chi connectivity index (χ1n) is 8.37. The van der Waals surface area contributed by atoms with E-state index in [9.17, 15) is 19.1 Å². The average Bonchev–Trinajstić information content (AvgIpc) is 2.60. The Balaban J connectivity index is 2.12. The molecule has 1 amide bonds. The highest BCUT2D eigenvalue weighted by atomic mass is 19.1. The van der Waals surface area contributed by atoms with Gasteiger partial charge < -0.3 is 19.9 Å². The molecule has 0 fully saturated rings. The molecule has 0 aliphatic rings. The molecule has 0 saturated carbocycles. The summed E-state index contributed by atoms with van der Waals surface area (Å²) in [5.74, 6) is -1.35. The monoisotopic (exact) mass is 375 g/mol. The molecular weight excluding hydrogens is 353 g/mol. The third-order valence-electron chi connectivity index (χ3n) is 4.01. The van der Waals surface area contributed by atoms with E-state index >= 15 is 0 Å². The van der Waals surface area contributed by atoms with Gasteiger partial charge in [-0.15, -0.1) is 0 Å². The summed E-state index contributed by atoms with van der Waals surface area (Å²) >= 11 is 0. The van der Waals surface area contributed by atoms with Crippen molar-refractivity contribution in [2.45, 2.75) is 19.8 Å². The van der Waals surface area contributed by atoms with Gasteiger partial charge in [0, 0.05) is 6.42 Å². The van der Waals surface area contributed by atoms with Crippen LogP contribution in [-0.2, 0) is 11.2 Å². The molecule has 0 aliphatic heterocycles. The Hall–Kier alpha value is -3.09. The number of carbonyl (C=O) groups excluding carboxylic acids is 1. The Morgan fingerprint density at radius 2 is 1.93 bits per heavy atom. The van der Waals surface area contributed by atoms with Crippen LogP contribution in [-0.4, -0.2) is 31.2 Å². The standard InChI is InChI=1S/C20H22FNO5/c1-12(7-13-5-4-6-15(21)9-13)8-18(23)22-16-10-14(20(24)25)11-17(26-2)19(16)27-3/h4-6,9-12H,7-8H2,1-3H3,(H,22,23)(H,24,25). The van der Waals surface area contributed by atoms with E-state index in [1.54, 1.807) is 6.07 Å². The van der Waals surface area contributed by atoms with Crippen LogP contribution in [0.4, 0.5) is 10.1 Å². The normalized spacial score (nSPS) is 11.6. The van der Waals surface area contributed by atoms with Crippen LogP contribution in [0.1, 0.15) is 29.3 Å². The van der Waals surface area contributed by atoms with E-state index in [0.717, 1.165) is 5.56 Å². The van der Waals surface area contributed by atoms with Gasteiger partial charge in [-0.25, -0.2) is 9.18 Å². The molecule has 1 atom stereocenters. The summed E-state index contributed by atoms with van der Waals surface area (Å²) in [6, 6.07) is 8.89. The van der Waals surface area contributed by atoms with Crippen LogP contribution in [0.5, 0.6) is 11.5 Å². The van der Waals surface area contributed by atoms with Gasteiger partial charge >= 0.3 is 5.97 Å². The summed E-state index contributed by atoms with van der Waals surface area (Å²) < 4.78 is 23.7. The molecule has 2 aromatic carbocycles. The van der Waals surface area contributed by atoms with Crippen LogP contribution in [0.15, 0.2) is 36.4 Å². The van der Waals surface area contributed by atoms with Crippen LogP contribution in [0.3, 0.4) is 0 Å². The molecule has 0 heterocycles. The van der Waals surface area contributed by atoms with Crippen molar-refractivity contribution in [1.82, 2.24) is 0 Å². The van der Waals surface area contributed by atoms with Crippen LogP contribution in [0.2, 0.25) is 0 Å². The SMILES string of the molecule is COc1cc(C(=O)O)cc(NC(=O)CC(C)Cc2cccc(F)c2)c1OC. The molecule has 2 aromatic rings. The smallest absolute Gasteiger partial charge is 0.335 e. The fraction of sp³-hybridized carbons (Fsp3) is 0.300. The zero-order valence-electron chi connectivity index (χ0n) is 15.4. The lowest BCUT2D eigenvalue weighted by Crippen LogP contribution is -2.17. The Morgan fingerprint density at radius 1 is 1.19 bits per heavy atom. The molecule has 0 spiro atoms. The van der Waals surface area contributed by atoms with E-state index < -0.39 is 5.97 Å². The number of hydrogen-bond acceptors (Lipinski definition) is 4. The number of carbonyl (C=O) groups is 2. The molecule has 0 radical (unpaired) electrons. The van der Waals surface area contributed by atoms with Crippen LogP contribution < -0.4 is 14.8 Å². The van der Waals surface area contributed by atoms with Gasteiger partial charge in [0.05, 0.1) is 25.5 Å². The predicted octanol–water partition coefficient (Wildman–Crippen LogP) is 3.75. The van der Waals surface area contributed by atoms with Crippen LogP contribution >= 0.6 is 0 Å². The minimum absolute atomic E-state index is 0.0317. The highest BCUT2D eigenvalue weighted by Crippen LogP contribution is 2.36. The fourth-order valence-electron chi connectivity index (χ4n) is 2.84. The summed E-state index contributed by atoms with van der Waals surface area (Å²) in [6.07, 6.45) is 0.722. The number of hydrogen-bond donors (Lipinski definition) is 2. The van der Waals surface area contributed by atoms with Crippen molar-refractivity contribution in [2.24, 2.45) is 5.92 Å². The molecule has 1 unspecified atom stereocenters. The van der Waals surface area contributed by atoms with Crippen molar-refractivity contribution in [1.29, 1.82) is 0 Å². The van der Waals surface area contributed by atoms with Gasteiger partial charge in [0.2, 0.25) is 5.91 Å². The first kappa shape index (κ1) is 20.2. The van der Waals surface area contributed by atoms with Crippen molar-refractivity contribution >= 4 is 17.6 Å².